The van der Waals surface area contributed by atoms with Crippen LogP contribution in [0.15, 0.2) is 0 Å². The lowest BCUT2D eigenvalue weighted by atomic mass is 10.2. The molecule has 1 atom stereocenters. The van der Waals surface area contributed by atoms with Crippen molar-refractivity contribution in [3.05, 3.63) is 0 Å². The van der Waals surface area contributed by atoms with Gasteiger partial charge in [0.2, 0.25) is 10.0 Å². The lowest BCUT2D eigenvalue weighted by molar-refractivity contribution is 0.0988. The van der Waals surface area contributed by atoms with Crippen LogP contribution >= 0.6 is 24.8 Å². The lowest BCUT2D eigenvalue weighted by Crippen LogP contribution is -2.47. The Balaban J connectivity index is 0.00000180. The fourth-order valence-corrected chi connectivity index (χ4v) is 3.72. The molecule has 0 amide bonds. The van der Waals surface area contributed by atoms with Crippen LogP contribution in [-0.4, -0.2) is 71.0 Å². The summed E-state index contributed by atoms with van der Waals surface area (Å²) in [5, 5.41) is 2.91. The van der Waals surface area contributed by atoms with Crippen molar-refractivity contribution >= 4 is 34.8 Å². The molecule has 0 radical (unpaired) electrons. The molecule has 2 heterocycles. The number of hydrogen-bond acceptors (Lipinski definition) is 5. The Hall–Kier alpha value is 0.370. The maximum atomic E-state index is 12.0. The van der Waals surface area contributed by atoms with Crippen LogP contribution in [0.1, 0.15) is 12.8 Å². The van der Waals surface area contributed by atoms with E-state index in [1.54, 1.807) is 0 Å². The van der Waals surface area contributed by atoms with Gasteiger partial charge in [-0.25, -0.2) is 13.1 Å². The number of hydrogen-bond donors (Lipinski definition) is 2. The highest BCUT2D eigenvalue weighted by atomic mass is 35.5. The molecule has 2 rings (SSSR count). The molecule has 0 spiro atoms. The molecule has 2 N–H and O–H groups in total. The molecule has 1 unspecified atom stereocenters. The van der Waals surface area contributed by atoms with E-state index in [-0.39, 0.29) is 30.1 Å². The molecule has 20 heavy (non-hydrogen) atoms. The average molecular weight is 350 g/mol. The lowest BCUT2D eigenvalue weighted by Gasteiger charge is -2.28. The van der Waals surface area contributed by atoms with Gasteiger partial charge in [0.05, 0.1) is 11.9 Å². The highest BCUT2D eigenvalue weighted by Gasteiger charge is 2.27. The first-order chi connectivity index (χ1) is 8.68. The molecule has 9 heteroatoms. The number of rotatable bonds is 5. The molecule has 0 aliphatic carbocycles. The van der Waals surface area contributed by atoms with Gasteiger partial charge in [-0.05, 0) is 12.8 Å². The van der Waals surface area contributed by atoms with Crippen LogP contribution < -0.4 is 10.0 Å². The largest absolute Gasteiger partial charge is 0.380 e. The summed E-state index contributed by atoms with van der Waals surface area (Å²) in [5.41, 5.74) is 0. The molecular formula is C11H25Cl2N3O3S. The molecule has 0 saturated carbocycles. The van der Waals surface area contributed by atoms with Crippen molar-refractivity contribution in [1.29, 1.82) is 0 Å². The molecule has 0 aromatic rings. The van der Waals surface area contributed by atoms with Crippen molar-refractivity contribution < 1.29 is 13.2 Å². The minimum absolute atomic E-state index is 0. The van der Waals surface area contributed by atoms with Gasteiger partial charge in [0.25, 0.3) is 0 Å². The van der Waals surface area contributed by atoms with E-state index in [4.69, 9.17) is 4.74 Å². The first-order valence-electron chi connectivity index (χ1n) is 6.68. The SMILES string of the molecule is Cl.Cl.O=S(=O)(NCCN1CCNCC1)C1CCCOC1. The van der Waals surface area contributed by atoms with Crippen molar-refractivity contribution in [3.63, 3.8) is 0 Å². The molecule has 2 aliphatic heterocycles. The van der Waals surface area contributed by atoms with Crippen LogP contribution in [0.3, 0.4) is 0 Å². The number of nitrogens with zero attached hydrogens (tertiary/aromatic N) is 1. The van der Waals surface area contributed by atoms with Crippen molar-refractivity contribution in [1.82, 2.24) is 14.9 Å². The minimum Gasteiger partial charge on any atom is -0.380 e. The van der Waals surface area contributed by atoms with E-state index < -0.39 is 10.0 Å². The topological polar surface area (TPSA) is 70.7 Å². The van der Waals surface area contributed by atoms with Gasteiger partial charge in [0.1, 0.15) is 0 Å². The fourth-order valence-electron chi connectivity index (χ4n) is 2.35. The van der Waals surface area contributed by atoms with Crippen molar-refractivity contribution in [2.24, 2.45) is 0 Å². The minimum atomic E-state index is -3.20. The summed E-state index contributed by atoms with van der Waals surface area (Å²) in [6.07, 6.45) is 1.55. The Morgan fingerprint density at radius 2 is 1.95 bits per heavy atom. The fraction of sp³-hybridized carbons (Fsp3) is 1.00. The van der Waals surface area contributed by atoms with Crippen molar-refractivity contribution in [3.8, 4) is 0 Å². The highest BCUT2D eigenvalue weighted by Crippen LogP contribution is 2.13. The standard InChI is InChI=1S/C11H23N3O3S.2ClH/c15-18(16,11-2-1-9-17-10-11)13-5-8-14-6-3-12-4-7-14;;/h11-13H,1-10H2;2*1H. The zero-order chi connectivity index (χ0) is 12.8. The summed E-state index contributed by atoms with van der Waals surface area (Å²) < 4.78 is 31.9. The van der Waals surface area contributed by atoms with Gasteiger partial charge >= 0.3 is 0 Å². The van der Waals surface area contributed by atoms with Gasteiger partial charge in [0, 0.05) is 45.9 Å². The Kier molecular flexibility index (Phi) is 10.3. The number of piperazine rings is 1. The molecule has 0 bridgehead atoms. The van der Waals surface area contributed by atoms with Gasteiger partial charge in [-0.3, -0.25) is 4.90 Å². The molecule has 2 aliphatic rings. The monoisotopic (exact) mass is 349 g/mol. The van der Waals surface area contributed by atoms with Crippen LogP contribution in [0.5, 0.6) is 0 Å². The van der Waals surface area contributed by atoms with Gasteiger partial charge in [-0.15, -0.1) is 24.8 Å². The predicted molar refractivity (Wildman–Crippen MR) is 84.6 cm³/mol. The molecule has 6 nitrogen and oxygen atoms in total. The Morgan fingerprint density at radius 3 is 2.55 bits per heavy atom. The second-order valence-corrected chi connectivity index (χ2v) is 6.92. The third-order valence-corrected chi connectivity index (χ3v) is 5.35. The second kappa shape index (κ2) is 10.2. The van der Waals surface area contributed by atoms with E-state index in [0.717, 1.165) is 39.1 Å². The van der Waals surface area contributed by atoms with E-state index in [9.17, 15) is 8.42 Å². The smallest absolute Gasteiger partial charge is 0.216 e. The first kappa shape index (κ1) is 20.4. The Bertz CT molecular complexity index is 345. The van der Waals surface area contributed by atoms with E-state index in [1.807, 2.05) is 0 Å². The quantitative estimate of drug-likeness (QED) is 0.721. The van der Waals surface area contributed by atoms with Gasteiger partial charge in [0.15, 0.2) is 0 Å². The molecule has 2 fully saturated rings. The molecule has 0 aromatic heterocycles. The molecule has 0 aromatic carbocycles. The van der Waals surface area contributed by atoms with E-state index in [2.05, 4.69) is 14.9 Å². The number of nitrogens with one attached hydrogen (secondary N) is 2. The summed E-state index contributed by atoms with van der Waals surface area (Å²) in [6.45, 7) is 6.28. The van der Waals surface area contributed by atoms with Crippen LogP contribution in [0.25, 0.3) is 0 Å². The summed E-state index contributed by atoms with van der Waals surface area (Å²) in [6, 6.07) is 0. The summed E-state index contributed by atoms with van der Waals surface area (Å²) >= 11 is 0. The predicted octanol–water partition coefficient (Wildman–Crippen LogP) is -0.166. The van der Waals surface area contributed by atoms with Gasteiger partial charge < -0.3 is 10.1 Å². The van der Waals surface area contributed by atoms with Gasteiger partial charge in [-0.1, -0.05) is 0 Å². The number of halogens is 2. The highest BCUT2D eigenvalue weighted by molar-refractivity contribution is 7.90. The average Bonchev–Trinajstić information content (AvgIpc) is 2.41. The van der Waals surface area contributed by atoms with Crippen LogP contribution in [0, 0.1) is 0 Å². The third kappa shape index (κ3) is 6.43. The van der Waals surface area contributed by atoms with Crippen LogP contribution in [-0.2, 0) is 14.8 Å². The maximum absolute atomic E-state index is 12.0. The van der Waals surface area contributed by atoms with Crippen molar-refractivity contribution in [2.75, 3.05) is 52.5 Å². The number of ether oxygens (including phenoxy) is 1. The molecule has 122 valence electrons. The summed E-state index contributed by atoms with van der Waals surface area (Å²) in [5.74, 6) is 0. The zero-order valence-corrected chi connectivity index (χ0v) is 14.0. The molecular weight excluding hydrogens is 325 g/mol. The van der Waals surface area contributed by atoms with Crippen LogP contribution in [0.2, 0.25) is 0 Å². The van der Waals surface area contributed by atoms with E-state index in [0.29, 0.717) is 26.2 Å². The summed E-state index contributed by atoms with van der Waals surface area (Å²) in [7, 11) is -3.20. The summed E-state index contributed by atoms with van der Waals surface area (Å²) in [4.78, 5) is 2.27. The number of sulfonamides is 1. The van der Waals surface area contributed by atoms with Crippen molar-refractivity contribution in [2.45, 2.75) is 18.1 Å². The van der Waals surface area contributed by atoms with E-state index in [1.165, 1.54) is 0 Å². The zero-order valence-electron chi connectivity index (χ0n) is 11.5. The van der Waals surface area contributed by atoms with Crippen LogP contribution in [0.4, 0.5) is 0 Å². The Morgan fingerprint density at radius 1 is 1.25 bits per heavy atom. The third-order valence-electron chi connectivity index (χ3n) is 3.50. The normalized spacial score (nSPS) is 24.5. The molecule has 2 saturated heterocycles. The maximum Gasteiger partial charge on any atom is 0.216 e. The first-order valence-corrected chi connectivity index (χ1v) is 8.22. The Labute approximate surface area is 133 Å². The van der Waals surface area contributed by atoms with Gasteiger partial charge in [-0.2, -0.15) is 0 Å². The second-order valence-electron chi connectivity index (χ2n) is 4.87. The van der Waals surface area contributed by atoms with E-state index >= 15 is 0 Å².